The molecule has 124 valence electrons. The van der Waals surface area contributed by atoms with Gasteiger partial charge in [0, 0.05) is 43.2 Å². The van der Waals surface area contributed by atoms with Crippen molar-refractivity contribution in [3.05, 3.63) is 53.2 Å². The molecule has 0 saturated carbocycles. The highest BCUT2D eigenvalue weighted by Crippen LogP contribution is 2.29. The summed E-state index contributed by atoms with van der Waals surface area (Å²) < 4.78 is 1.73. The summed E-state index contributed by atoms with van der Waals surface area (Å²) in [5, 5.41) is 12.7. The average Bonchev–Trinajstić information content (AvgIpc) is 3.31. The molecule has 1 aliphatic rings. The lowest BCUT2D eigenvalue weighted by atomic mass is 10.0. The fourth-order valence-electron chi connectivity index (χ4n) is 3.26. The van der Waals surface area contributed by atoms with Gasteiger partial charge < -0.3 is 4.90 Å². The lowest BCUT2D eigenvalue weighted by molar-refractivity contribution is 0.689. The van der Waals surface area contributed by atoms with Crippen LogP contribution in [0.15, 0.2) is 36.4 Å². The Hall–Kier alpha value is -2.87. The Labute approximate surface area is 148 Å². The van der Waals surface area contributed by atoms with Gasteiger partial charge in [-0.15, -0.1) is 26.6 Å². The summed E-state index contributed by atoms with van der Waals surface area (Å²) in [5.74, 6) is 0.973. The summed E-state index contributed by atoms with van der Waals surface area (Å²) in [6, 6.07) is 4.26. The van der Waals surface area contributed by atoms with Gasteiger partial charge >= 0.3 is 0 Å². The second-order valence-corrected chi connectivity index (χ2v) is 7.04. The molecule has 5 heterocycles. The highest BCUT2D eigenvalue weighted by Gasteiger charge is 2.21. The van der Waals surface area contributed by atoms with Crippen LogP contribution >= 0.6 is 11.3 Å². The average molecular weight is 349 g/mol. The molecule has 8 heteroatoms. The van der Waals surface area contributed by atoms with Crippen LogP contribution < -0.4 is 4.90 Å². The molecule has 0 fully saturated rings. The molecule has 0 saturated heterocycles. The molecular formula is C17H15N7S. The molecule has 0 bridgehead atoms. The van der Waals surface area contributed by atoms with E-state index in [1.54, 1.807) is 22.2 Å². The van der Waals surface area contributed by atoms with Gasteiger partial charge in [-0.25, -0.2) is 0 Å². The predicted octanol–water partition coefficient (Wildman–Crippen LogP) is 2.51. The second-order valence-electron chi connectivity index (χ2n) is 6.15. The van der Waals surface area contributed by atoms with Crippen molar-refractivity contribution in [2.75, 3.05) is 11.4 Å². The first-order valence-corrected chi connectivity index (χ1v) is 8.95. The van der Waals surface area contributed by atoms with E-state index in [-0.39, 0.29) is 0 Å². The minimum absolute atomic E-state index is 0.771. The molecule has 4 aromatic heterocycles. The van der Waals surface area contributed by atoms with E-state index in [1.807, 2.05) is 24.0 Å². The third-order valence-corrected chi connectivity index (χ3v) is 5.33. The van der Waals surface area contributed by atoms with Crippen molar-refractivity contribution in [1.29, 1.82) is 0 Å². The first-order chi connectivity index (χ1) is 12.3. The fraction of sp³-hybridized carbons (Fsp3) is 0.235. The summed E-state index contributed by atoms with van der Waals surface area (Å²) in [5.41, 5.74) is 7.28. The number of hydrogen-bond acceptors (Lipinski definition) is 7. The molecule has 0 aromatic carbocycles. The number of aryl methyl sites for hydroxylation is 1. The van der Waals surface area contributed by atoms with E-state index in [1.165, 1.54) is 11.3 Å². The molecule has 0 unspecified atom stereocenters. The van der Waals surface area contributed by atoms with Crippen molar-refractivity contribution in [2.45, 2.75) is 19.9 Å². The van der Waals surface area contributed by atoms with E-state index < -0.39 is 0 Å². The Morgan fingerprint density at radius 2 is 2.16 bits per heavy atom. The van der Waals surface area contributed by atoms with Crippen molar-refractivity contribution in [3.8, 4) is 10.4 Å². The third-order valence-electron chi connectivity index (χ3n) is 4.51. The van der Waals surface area contributed by atoms with Gasteiger partial charge in [-0.05, 0) is 30.2 Å². The Bertz CT molecular complexity index is 1050. The minimum atomic E-state index is 0.771. The zero-order valence-electron chi connectivity index (χ0n) is 13.6. The molecule has 4 aromatic rings. The van der Waals surface area contributed by atoms with E-state index in [4.69, 9.17) is 5.10 Å². The second kappa shape index (κ2) is 5.59. The Morgan fingerprint density at radius 1 is 1.20 bits per heavy atom. The molecule has 7 nitrogen and oxygen atoms in total. The quantitative estimate of drug-likeness (QED) is 0.554. The van der Waals surface area contributed by atoms with Gasteiger partial charge in [0.2, 0.25) is 0 Å². The summed E-state index contributed by atoms with van der Waals surface area (Å²) in [6.07, 6.45) is 6.40. The van der Waals surface area contributed by atoms with Crippen LogP contribution in [0.3, 0.4) is 0 Å². The van der Waals surface area contributed by atoms with Crippen LogP contribution in [-0.2, 0) is 13.0 Å². The van der Waals surface area contributed by atoms with Crippen molar-refractivity contribution >= 4 is 22.8 Å². The molecule has 1 aliphatic heterocycles. The van der Waals surface area contributed by atoms with Crippen molar-refractivity contribution < 1.29 is 0 Å². The Morgan fingerprint density at radius 3 is 3.04 bits per heavy atom. The molecule has 0 aliphatic carbocycles. The third kappa shape index (κ3) is 2.45. The first kappa shape index (κ1) is 14.5. The standard InChI is InChI=1S/C17H15N7S/c1-11-4-16-21-20-9-24(16)22-17(11)23-3-2-14-13(8-23)5-12(6-19-14)15-7-18-10-25-15/h4-7,9-10H,2-3,8H2,1H3. The van der Waals surface area contributed by atoms with Gasteiger partial charge in [0.25, 0.3) is 0 Å². The van der Waals surface area contributed by atoms with Crippen LogP contribution in [-0.4, -0.2) is 36.3 Å². The number of rotatable bonds is 2. The number of aromatic nitrogens is 6. The predicted molar refractivity (Wildman–Crippen MR) is 95.6 cm³/mol. The molecule has 0 amide bonds. The van der Waals surface area contributed by atoms with Crippen molar-refractivity contribution in [1.82, 2.24) is 29.8 Å². The summed E-state index contributed by atoms with van der Waals surface area (Å²) in [6.45, 7) is 3.77. The zero-order chi connectivity index (χ0) is 16.8. The van der Waals surface area contributed by atoms with E-state index in [9.17, 15) is 0 Å². The monoisotopic (exact) mass is 349 g/mol. The van der Waals surface area contributed by atoms with Crippen LogP contribution in [0.5, 0.6) is 0 Å². The van der Waals surface area contributed by atoms with Gasteiger partial charge in [0.1, 0.15) is 6.33 Å². The van der Waals surface area contributed by atoms with Crippen LogP contribution in [0.4, 0.5) is 5.82 Å². The summed E-state index contributed by atoms with van der Waals surface area (Å²) in [7, 11) is 0. The topological polar surface area (TPSA) is 72.1 Å². The number of thiazole rings is 1. The number of hydrogen-bond donors (Lipinski definition) is 0. The maximum absolute atomic E-state index is 4.69. The van der Waals surface area contributed by atoms with Crippen LogP contribution in [0.2, 0.25) is 0 Å². The largest absolute Gasteiger partial charge is 0.350 e. The number of anilines is 1. The van der Waals surface area contributed by atoms with Gasteiger partial charge in [-0.3, -0.25) is 9.97 Å². The number of pyridine rings is 1. The normalized spacial score (nSPS) is 14.0. The highest BCUT2D eigenvalue weighted by molar-refractivity contribution is 7.13. The van der Waals surface area contributed by atoms with E-state index >= 15 is 0 Å². The molecule has 25 heavy (non-hydrogen) atoms. The van der Waals surface area contributed by atoms with E-state index in [0.717, 1.165) is 47.0 Å². The van der Waals surface area contributed by atoms with Gasteiger partial charge in [0.05, 0.1) is 10.4 Å². The smallest absolute Gasteiger partial charge is 0.177 e. The first-order valence-electron chi connectivity index (χ1n) is 8.07. The molecule has 0 N–H and O–H groups in total. The maximum atomic E-state index is 4.69. The number of nitrogens with zero attached hydrogens (tertiary/aromatic N) is 7. The molecule has 0 atom stereocenters. The van der Waals surface area contributed by atoms with Crippen LogP contribution in [0.25, 0.3) is 16.1 Å². The summed E-state index contributed by atoms with van der Waals surface area (Å²) >= 11 is 1.63. The van der Waals surface area contributed by atoms with Crippen molar-refractivity contribution in [3.63, 3.8) is 0 Å². The fourth-order valence-corrected chi connectivity index (χ4v) is 3.87. The van der Waals surface area contributed by atoms with Gasteiger partial charge in [-0.2, -0.15) is 4.52 Å². The lowest BCUT2D eigenvalue weighted by Crippen LogP contribution is -2.32. The molecular weight excluding hydrogens is 334 g/mol. The molecule has 0 radical (unpaired) electrons. The van der Waals surface area contributed by atoms with Gasteiger partial charge in [-0.1, -0.05) is 0 Å². The van der Waals surface area contributed by atoms with E-state index in [0.29, 0.717) is 0 Å². The van der Waals surface area contributed by atoms with Crippen molar-refractivity contribution in [2.24, 2.45) is 0 Å². The van der Waals surface area contributed by atoms with Crippen LogP contribution in [0, 0.1) is 6.92 Å². The molecule has 0 spiro atoms. The summed E-state index contributed by atoms with van der Waals surface area (Å²) in [4.78, 5) is 12.3. The maximum Gasteiger partial charge on any atom is 0.177 e. The Kier molecular flexibility index (Phi) is 3.24. The lowest BCUT2D eigenvalue weighted by Gasteiger charge is -2.30. The zero-order valence-corrected chi connectivity index (χ0v) is 14.4. The Balaban J connectivity index is 1.52. The minimum Gasteiger partial charge on any atom is -0.350 e. The van der Waals surface area contributed by atoms with E-state index in [2.05, 4.69) is 38.1 Å². The molecule has 5 rings (SSSR count). The SMILES string of the molecule is Cc1cc2nncn2nc1N1CCc2ncc(-c3cncs3)cc2C1. The number of fused-ring (bicyclic) bond motifs is 2. The van der Waals surface area contributed by atoms with Gasteiger partial charge in [0.15, 0.2) is 11.5 Å². The van der Waals surface area contributed by atoms with Crippen LogP contribution in [0.1, 0.15) is 16.8 Å². The highest BCUT2D eigenvalue weighted by atomic mass is 32.1.